The van der Waals surface area contributed by atoms with Gasteiger partial charge < -0.3 is 0 Å². The molecule has 1 saturated carbocycles. The molecule has 0 aliphatic heterocycles. The van der Waals surface area contributed by atoms with Gasteiger partial charge in [0.05, 0.1) is 6.04 Å². The maximum atomic E-state index is 13.6. The summed E-state index contributed by atoms with van der Waals surface area (Å²) in [5.74, 6) is 4.16. The summed E-state index contributed by atoms with van der Waals surface area (Å²) in [5, 5.41) is 0. The molecule has 3 N–H and O–H groups in total. The van der Waals surface area contributed by atoms with Crippen molar-refractivity contribution in [1.82, 2.24) is 5.43 Å². The lowest BCUT2D eigenvalue weighted by molar-refractivity contribution is 0.439. The van der Waals surface area contributed by atoms with Crippen LogP contribution in [-0.4, -0.2) is 0 Å². The second-order valence-corrected chi connectivity index (χ2v) is 4.08. The van der Waals surface area contributed by atoms with E-state index in [4.69, 9.17) is 5.84 Å². The van der Waals surface area contributed by atoms with E-state index in [0.717, 1.165) is 12.8 Å². The summed E-state index contributed by atoms with van der Waals surface area (Å²) < 4.78 is 26.9. The molecule has 4 heteroatoms. The Bertz CT molecular complexity index is 375. The molecule has 0 aromatic heterocycles. The minimum absolute atomic E-state index is 0.264. The minimum Gasteiger partial charge on any atom is -0.271 e. The first-order valence-corrected chi connectivity index (χ1v) is 5.05. The number of halogens is 2. The van der Waals surface area contributed by atoms with Crippen molar-refractivity contribution < 1.29 is 8.78 Å². The lowest BCUT2D eigenvalue weighted by atomic mass is 10.0. The van der Waals surface area contributed by atoms with Crippen LogP contribution in [0.15, 0.2) is 12.1 Å². The minimum atomic E-state index is -0.773. The van der Waals surface area contributed by atoms with E-state index in [2.05, 4.69) is 5.43 Å². The number of aryl methyl sites for hydroxylation is 1. The summed E-state index contributed by atoms with van der Waals surface area (Å²) in [4.78, 5) is 0. The Morgan fingerprint density at radius 1 is 1.33 bits per heavy atom. The second kappa shape index (κ2) is 3.87. The van der Waals surface area contributed by atoms with Gasteiger partial charge in [0.15, 0.2) is 11.6 Å². The van der Waals surface area contributed by atoms with Crippen LogP contribution in [0.5, 0.6) is 0 Å². The van der Waals surface area contributed by atoms with E-state index in [1.807, 2.05) is 0 Å². The van der Waals surface area contributed by atoms with Crippen LogP contribution < -0.4 is 11.3 Å². The van der Waals surface area contributed by atoms with Crippen LogP contribution in [0.2, 0.25) is 0 Å². The van der Waals surface area contributed by atoms with Gasteiger partial charge in [0, 0.05) is 5.56 Å². The van der Waals surface area contributed by atoms with Crippen molar-refractivity contribution in [1.29, 1.82) is 0 Å². The third-order valence-electron chi connectivity index (χ3n) is 2.91. The molecule has 0 spiro atoms. The molecule has 1 unspecified atom stereocenters. The van der Waals surface area contributed by atoms with Crippen LogP contribution in [0.4, 0.5) is 8.78 Å². The van der Waals surface area contributed by atoms with Gasteiger partial charge in [-0.2, -0.15) is 0 Å². The molecule has 1 aliphatic carbocycles. The first-order valence-electron chi connectivity index (χ1n) is 5.05. The predicted octanol–water partition coefficient (Wildman–Crippen LogP) is 2.19. The molecule has 0 bridgehead atoms. The van der Waals surface area contributed by atoms with Gasteiger partial charge in [0.2, 0.25) is 0 Å². The summed E-state index contributed by atoms with van der Waals surface area (Å²) in [6, 6.07) is 2.93. The first kappa shape index (κ1) is 10.5. The van der Waals surface area contributed by atoms with Crippen molar-refractivity contribution in [2.75, 3.05) is 0 Å². The zero-order chi connectivity index (χ0) is 11.0. The van der Waals surface area contributed by atoms with Gasteiger partial charge in [0.25, 0.3) is 0 Å². The number of nitrogens with two attached hydrogens (primary N) is 1. The number of hydrogen-bond donors (Lipinski definition) is 2. The Hall–Kier alpha value is -1.00. The van der Waals surface area contributed by atoms with E-state index >= 15 is 0 Å². The Morgan fingerprint density at radius 3 is 2.53 bits per heavy atom. The first-order chi connectivity index (χ1) is 7.15. The number of hydrogen-bond acceptors (Lipinski definition) is 2. The van der Waals surface area contributed by atoms with Crippen molar-refractivity contribution in [3.63, 3.8) is 0 Å². The van der Waals surface area contributed by atoms with E-state index < -0.39 is 11.6 Å². The maximum Gasteiger partial charge on any atom is 0.163 e. The molecule has 0 heterocycles. The highest BCUT2D eigenvalue weighted by molar-refractivity contribution is 5.29. The second-order valence-electron chi connectivity index (χ2n) is 4.08. The molecule has 1 aliphatic rings. The highest BCUT2D eigenvalue weighted by Gasteiger charge is 2.33. The van der Waals surface area contributed by atoms with Crippen LogP contribution in [0.1, 0.15) is 30.0 Å². The molecule has 15 heavy (non-hydrogen) atoms. The third kappa shape index (κ3) is 1.87. The van der Waals surface area contributed by atoms with Crippen LogP contribution in [0.3, 0.4) is 0 Å². The normalized spacial score (nSPS) is 17.9. The fourth-order valence-corrected chi connectivity index (χ4v) is 1.81. The topological polar surface area (TPSA) is 38.0 Å². The predicted molar refractivity (Wildman–Crippen MR) is 53.9 cm³/mol. The Morgan fingerprint density at radius 2 is 2.00 bits per heavy atom. The molecular formula is C11H14F2N2. The van der Waals surface area contributed by atoms with Crippen molar-refractivity contribution in [3.05, 3.63) is 34.9 Å². The van der Waals surface area contributed by atoms with Gasteiger partial charge in [-0.05, 0) is 31.2 Å². The molecule has 2 rings (SSSR count). The maximum absolute atomic E-state index is 13.6. The fraction of sp³-hybridized carbons (Fsp3) is 0.455. The van der Waals surface area contributed by atoms with Crippen LogP contribution >= 0.6 is 0 Å². The molecule has 1 aromatic carbocycles. The smallest absolute Gasteiger partial charge is 0.163 e. The molecule has 2 nitrogen and oxygen atoms in total. The largest absolute Gasteiger partial charge is 0.271 e. The lowest BCUT2D eigenvalue weighted by Crippen LogP contribution is -2.30. The van der Waals surface area contributed by atoms with Gasteiger partial charge in [0.1, 0.15) is 0 Å². The van der Waals surface area contributed by atoms with Gasteiger partial charge in [-0.3, -0.25) is 11.3 Å². The van der Waals surface area contributed by atoms with E-state index in [1.54, 1.807) is 19.1 Å². The van der Waals surface area contributed by atoms with Crippen LogP contribution in [-0.2, 0) is 0 Å². The number of nitrogens with one attached hydrogen (secondary N) is 1. The summed E-state index contributed by atoms with van der Waals surface area (Å²) in [6.45, 7) is 1.55. The highest BCUT2D eigenvalue weighted by Crippen LogP contribution is 2.41. The van der Waals surface area contributed by atoms with Crippen molar-refractivity contribution >= 4 is 0 Å². The SMILES string of the molecule is Cc1ccc(C(NN)C2CC2)c(F)c1F. The fourth-order valence-electron chi connectivity index (χ4n) is 1.81. The van der Waals surface area contributed by atoms with Gasteiger partial charge in [-0.25, -0.2) is 8.78 Å². The Kier molecular flexibility index (Phi) is 2.71. The lowest BCUT2D eigenvalue weighted by Gasteiger charge is -2.16. The van der Waals surface area contributed by atoms with E-state index in [9.17, 15) is 8.78 Å². The molecule has 0 radical (unpaired) electrons. The summed E-state index contributed by atoms with van der Waals surface area (Å²) in [6.07, 6.45) is 2.04. The molecule has 82 valence electrons. The van der Waals surface area contributed by atoms with Crippen molar-refractivity contribution in [2.24, 2.45) is 11.8 Å². The zero-order valence-corrected chi connectivity index (χ0v) is 8.56. The third-order valence-corrected chi connectivity index (χ3v) is 2.91. The van der Waals surface area contributed by atoms with E-state index in [-0.39, 0.29) is 6.04 Å². The average Bonchev–Trinajstić information content (AvgIpc) is 3.03. The van der Waals surface area contributed by atoms with Crippen molar-refractivity contribution in [2.45, 2.75) is 25.8 Å². The van der Waals surface area contributed by atoms with E-state index in [0.29, 0.717) is 17.0 Å². The molecule has 1 atom stereocenters. The van der Waals surface area contributed by atoms with E-state index in [1.165, 1.54) is 0 Å². The molecule has 1 fully saturated rings. The molecular weight excluding hydrogens is 198 g/mol. The number of benzene rings is 1. The van der Waals surface area contributed by atoms with Crippen LogP contribution in [0.25, 0.3) is 0 Å². The van der Waals surface area contributed by atoms with Gasteiger partial charge in [-0.15, -0.1) is 0 Å². The quantitative estimate of drug-likeness (QED) is 0.595. The molecule has 1 aromatic rings. The number of rotatable bonds is 3. The Labute approximate surface area is 87.4 Å². The Balaban J connectivity index is 2.38. The summed E-state index contributed by atoms with van der Waals surface area (Å²) in [5.41, 5.74) is 3.22. The van der Waals surface area contributed by atoms with Gasteiger partial charge in [-0.1, -0.05) is 12.1 Å². The molecule has 0 amide bonds. The van der Waals surface area contributed by atoms with Crippen molar-refractivity contribution in [3.8, 4) is 0 Å². The number of hydrazine groups is 1. The average molecular weight is 212 g/mol. The highest BCUT2D eigenvalue weighted by atomic mass is 19.2. The van der Waals surface area contributed by atoms with Crippen LogP contribution in [0, 0.1) is 24.5 Å². The summed E-state index contributed by atoms with van der Waals surface area (Å²) in [7, 11) is 0. The molecule has 0 saturated heterocycles. The van der Waals surface area contributed by atoms with Gasteiger partial charge >= 0.3 is 0 Å². The summed E-state index contributed by atoms with van der Waals surface area (Å²) >= 11 is 0. The zero-order valence-electron chi connectivity index (χ0n) is 8.56. The monoisotopic (exact) mass is 212 g/mol. The standard InChI is InChI=1S/C11H14F2N2/c1-6-2-5-8(10(13)9(6)12)11(15-14)7-3-4-7/h2,5,7,11,15H,3-4,14H2,1H3.